The van der Waals surface area contributed by atoms with Crippen LogP contribution in [0, 0.1) is 5.92 Å². The van der Waals surface area contributed by atoms with Crippen LogP contribution in [0.1, 0.15) is 39.5 Å². The summed E-state index contributed by atoms with van der Waals surface area (Å²) in [6, 6.07) is 0. The second-order valence-electron chi connectivity index (χ2n) is 6.07. The first-order chi connectivity index (χ1) is 11.4. The number of anilines is 1. The number of nitrogens with zero attached hydrogens (tertiary/aromatic N) is 3. The third-order valence-electron chi connectivity index (χ3n) is 3.89. The van der Waals surface area contributed by atoms with Gasteiger partial charge in [-0.05, 0) is 38.3 Å². The van der Waals surface area contributed by atoms with Crippen LogP contribution < -0.4 is 10.0 Å². The summed E-state index contributed by atoms with van der Waals surface area (Å²) < 4.78 is 26.8. The first-order valence-electron chi connectivity index (χ1n) is 8.26. The lowest BCUT2D eigenvalue weighted by Crippen LogP contribution is -2.36. The molecule has 8 nitrogen and oxygen atoms in total. The van der Waals surface area contributed by atoms with Gasteiger partial charge in [0, 0.05) is 19.5 Å². The van der Waals surface area contributed by atoms with Gasteiger partial charge in [-0.15, -0.1) is 10.2 Å². The molecule has 1 fully saturated rings. The van der Waals surface area contributed by atoms with Gasteiger partial charge in [0.05, 0.1) is 0 Å². The quantitative estimate of drug-likeness (QED) is 0.524. The molecule has 1 saturated heterocycles. The zero-order valence-electron chi connectivity index (χ0n) is 14.1. The number of nitrogens with one attached hydrogen (secondary N) is 2. The Balaban J connectivity index is 1.77. The van der Waals surface area contributed by atoms with Gasteiger partial charge in [-0.25, -0.2) is 13.1 Å². The second kappa shape index (κ2) is 8.84. The molecule has 2 N–H and O–H groups in total. The molecular formula is C14H25N5O3S2. The topological polar surface area (TPSA) is 104 Å². The Bertz CT molecular complexity index is 647. The highest BCUT2D eigenvalue weighted by Gasteiger charge is 2.21. The minimum absolute atomic E-state index is 0.125. The number of hydrogen-bond donors (Lipinski definition) is 2. The average Bonchev–Trinajstić information content (AvgIpc) is 3.01. The molecule has 1 aliphatic rings. The Morgan fingerprint density at radius 1 is 1.42 bits per heavy atom. The highest BCUT2D eigenvalue weighted by Crippen LogP contribution is 2.20. The fraction of sp³-hybridized carbons (Fsp3) is 0.786. The number of amides is 1. The van der Waals surface area contributed by atoms with E-state index in [4.69, 9.17) is 0 Å². The molecule has 1 atom stereocenters. The van der Waals surface area contributed by atoms with Crippen molar-refractivity contribution in [2.75, 3.05) is 31.5 Å². The molecule has 0 aromatic carbocycles. The summed E-state index contributed by atoms with van der Waals surface area (Å²) in [6.45, 7) is 7.39. The van der Waals surface area contributed by atoms with Crippen molar-refractivity contribution in [3.63, 3.8) is 0 Å². The average molecular weight is 376 g/mol. The van der Waals surface area contributed by atoms with E-state index in [1.807, 2.05) is 0 Å². The van der Waals surface area contributed by atoms with Crippen molar-refractivity contribution in [2.45, 2.75) is 43.9 Å². The van der Waals surface area contributed by atoms with E-state index in [9.17, 15) is 13.2 Å². The van der Waals surface area contributed by atoms with Crippen molar-refractivity contribution in [3.05, 3.63) is 0 Å². The van der Waals surface area contributed by atoms with Gasteiger partial charge in [-0.2, -0.15) is 0 Å². The predicted molar refractivity (Wildman–Crippen MR) is 93.5 cm³/mol. The van der Waals surface area contributed by atoms with Crippen LogP contribution in [0.2, 0.25) is 0 Å². The fourth-order valence-corrected chi connectivity index (χ4v) is 4.67. The number of likely N-dealkylation sites (tertiary alicyclic amines) is 1. The second-order valence-corrected chi connectivity index (χ2v) is 8.99. The maximum atomic E-state index is 12.2. The van der Waals surface area contributed by atoms with Crippen LogP contribution in [0.25, 0.3) is 0 Å². The van der Waals surface area contributed by atoms with Gasteiger partial charge in [-0.1, -0.05) is 25.2 Å². The molecule has 1 aromatic rings. The monoisotopic (exact) mass is 375 g/mol. The van der Waals surface area contributed by atoms with Crippen molar-refractivity contribution in [1.29, 1.82) is 0 Å². The van der Waals surface area contributed by atoms with E-state index >= 15 is 0 Å². The minimum Gasteiger partial charge on any atom is -0.303 e. The third-order valence-corrected chi connectivity index (χ3v) is 6.56. The third kappa shape index (κ3) is 5.76. The van der Waals surface area contributed by atoms with Crippen LogP contribution in [0.15, 0.2) is 4.34 Å². The Morgan fingerprint density at radius 3 is 2.92 bits per heavy atom. The summed E-state index contributed by atoms with van der Waals surface area (Å²) in [5.41, 5.74) is 0. The maximum Gasteiger partial charge on any atom is 0.269 e. The Hall–Kier alpha value is -1.10. The summed E-state index contributed by atoms with van der Waals surface area (Å²) in [7, 11) is -3.67. The largest absolute Gasteiger partial charge is 0.303 e. The molecule has 0 bridgehead atoms. The van der Waals surface area contributed by atoms with Gasteiger partial charge in [0.25, 0.3) is 10.0 Å². The van der Waals surface area contributed by atoms with Gasteiger partial charge < -0.3 is 10.2 Å². The summed E-state index contributed by atoms with van der Waals surface area (Å²) >= 11 is 0.855. The van der Waals surface area contributed by atoms with E-state index in [1.165, 1.54) is 12.8 Å². The molecule has 0 aliphatic carbocycles. The molecule has 136 valence electrons. The Morgan fingerprint density at radius 2 is 2.21 bits per heavy atom. The highest BCUT2D eigenvalue weighted by atomic mass is 32.2. The highest BCUT2D eigenvalue weighted by molar-refractivity contribution is 7.91. The summed E-state index contributed by atoms with van der Waals surface area (Å²) in [5, 5.41) is 10.0. The van der Waals surface area contributed by atoms with E-state index in [0.29, 0.717) is 18.9 Å². The van der Waals surface area contributed by atoms with Crippen LogP contribution in [-0.2, 0) is 14.8 Å². The van der Waals surface area contributed by atoms with Gasteiger partial charge in [0.15, 0.2) is 0 Å². The smallest absolute Gasteiger partial charge is 0.269 e. The van der Waals surface area contributed by atoms with Crippen molar-refractivity contribution < 1.29 is 13.2 Å². The number of aromatic nitrogens is 2. The predicted octanol–water partition coefficient (Wildman–Crippen LogP) is 1.29. The van der Waals surface area contributed by atoms with E-state index < -0.39 is 10.0 Å². The normalized spacial score (nSPS) is 19.3. The van der Waals surface area contributed by atoms with Crippen molar-refractivity contribution >= 4 is 32.4 Å². The number of sulfonamides is 1. The van der Waals surface area contributed by atoms with E-state index in [2.05, 4.69) is 32.1 Å². The molecule has 0 saturated carbocycles. The van der Waals surface area contributed by atoms with E-state index in [1.54, 1.807) is 6.92 Å². The fourth-order valence-electron chi connectivity index (χ4n) is 2.64. The first-order valence-corrected chi connectivity index (χ1v) is 10.6. The van der Waals surface area contributed by atoms with Crippen LogP contribution in [-0.4, -0.2) is 55.6 Å². The van der Waals surface area contributed by atoms with Crippen molar-refractivity contribution in [3.8, 4) is 0 Å². The van der Waals surface area contributed by atoms with Gasteiger partial charge in [0.1, 0.15) is 0 Å². The molecule has 0 radical (unpaired) electrons. The lowest BCUT2D eigenvalue weighted by Gasteiger charge is -2.30. The zero-order chi connectivity index (χ0) is 17.6. The summed E-state index contributed by atoms with van der Waals surface area (Å²) in [6.07, 6.45) is 3.54. The van der Waals surface area contributed by atoms with Crippen LogP contribution in [0.4, 0.5) is 5.13 Å². The Labute approximate surface area is 147 Å². The number of piperidine rings is 1. The molecule has 1 aromatic heterocycles. The summed E-state index contributed by atoms with van der Waals surface area (Å²) in [5.74, 6) is 0.493. The molecule has 2 rings (SSSR count). The molecule has 1 amide bonds. The molecule has 1 unspecified atom stereocenters. The number of hydrogen-bond acceptors (Lipinski definition) is 7. The number of carbonyl (C=O) groups excluding carboxylic acids is 1. The zero-order valence-corrected chi connectivity index (χ0v) is 15.8. The molecule has 1 aliphatic heterocycles. The molecule has 10 heteroatoms. The molecule has 0 spiro atoms. The SMILES string of the molecule is CCC(=O)Nc1nnc(S(=O)(=O)NCCCN2CCCC(C)C2)s1. The van der Waals surface area contributed by atoms with Crippen LogP contribution in [0.3, 0.4) is 0 Å². The lowest BCUT2D eigenvalue weighted by molar-refractivity contribution is -0.115. The molecule has 2 heterocycles. The van der Waals surface area contributed by atoms with Gasteiger partial charge in [0.2, 0.25) is 15.4 Å². The maximum absolute atomic E-state index is 12.2. The van der Waals surface area contributed by atoms with Gasteiger partial charge in [-0.3, -0.25) is 4.79 Å². The summed E-state index contributed by atoms with van der Waals surface area (Å²) in [4.78, 5) is 13.7. The molecule has 24 heavy (non-hydrogen) atoms. The van der Waals surface area contributed by atoms with Crippen molar-refractivity contribution in [2.24, 2.45) is 5.92 Å². The van der Waals surface area contributed by atoms with E-state index in [0.717, 1.165) is 37.4 Å². The van der Waals surface area contributed by atoms with Crippen LogP contribution >= 0.6 is 11.3 Å². The van der Waals surface area contributed by atoms with Crippen molar-refractivity contribution in [1.82, 2.24) is 19.8 Å². The van der Waals surface area contributed by atoms with Crippen LogP contribution in [0.5, 0.6) is 0 Å². The standard InChI is InChI=1S/C14H25N5O3S2/c1-3-12(20)16-13-17-18-14(23-13)24(21,22)15-7-5-9-19-8-4-6-11(2)10-19/h11,15H,3-10H2,1-2H3,(H,16,17,20). The number of carbonyl (C=O) groups is 1. The molecular weight excluding hydrogens is 350 g/mol. The van der Waals surface area contributed by atoms with E-state index in [-0.39, 0.29) is 15.4 Å². The first kappa shape index (κ1) is 19.2. The number of rotatable bonds is 8. The Kier molecular flexibility index (Phi) is 7.08. The van der Waals surface area contributed by atoms with Gasteiger partial charge >= 0.3 is 0 Å². The minimum atomic E-state index is -3.67. The lowest BCUT2D eigenvalue weighted by atomic mass is 10.0.